The van der Waals surface area contributed by atoms with Gasteiger partial charge >= 0.3 is 0 Å². The largest absolute Gasteiger partial charge is 0.438 e. The minimum Gasteiger partial charge on any atom is -0.438 e. The Hall–Kier alpha value is -2.88. The fourth-order valence-electron chi connectivity index (χ4n) is 2.07. The van der Waals surface area contributed by atoms with E-state index in [1.54, 1.807) is 33.9 Å². The predicted molar refractivity (Wildman–Crippen MR) is 75.3 cm³/mol. The number of ether oxygens (including phenoxy) is 1. The number of hydrogen-bond donors (Lipinski definition) is 0. The number of nitro groups is 1. The van der Waals surface area contributed by atoms with Crippen LogP contribution in [0.25, 0.3) is 0 Å². The van der Waals surface area contributed by atoms with Gasteiger partial charge in [0.05, 0.1) is 10.6 Å². The number of rotatable bonds is 3. The summed E-state index contributed by atoms with van der Waals surface area (Å²) in [4.78, 5) is 10.5. The summed E-state index contributed by atoms with van der Waals surface area (Å²) in [7, 11) is 1.68. The molecule has 0 unspecified atom stereocenters. The first kappa shape index (κ1) is 14.5. The van der Waals surface area contributed by atoms with Gasteiger partial charge in [0.1, 0.15) is 17.4 Å². The molecule has 7 nitrogen and oxygen atoms in total. The van der Waals surface area contributed by atoms with Gasteiger partial charge in [0.2, 0.25) is 5.88 Å². The van der Waals surface area contributed by atoms with E-state index in [1.807, 2.05) is 0 Å². The van der Waals surface area contributed by atoms with E-state index in [2.05, 4.69) is 11.2 Å². The highest BCUT2D eigenvalue weighted by atomic mass is 16.6. The van der Waals surface area contributed by atoms with Crippen LogP contribution in [0.4, 0.5) is 5.69 Å². The van der Waals surface area contributed by atoms with Gasteiger partial charge in [-0.25, -0.2) is 4.68 Å². The maximum atomic E-state index is 10.9. The van der Waals surface area contributed by atoms with E-state index in [1.165, 1.54) is 10.7 Å². The first-order chi connectivity index (χ1) is 9.85. The van der Waals surface area contributed by atoms with Crippen molar-refractivity contribution in [3.05, 3.63) is 44.6 Å². The number of nitro benzene ring substituents is 1. The van der Waals surface area contributed by atoms with Crippen molar-refractivity contribution in [2.45, 2.75) is 20.8 Å². The molecule has 0 radical (unpaired) electrons. The zero-order valence-corrected chi connectivity index (χ0v) is 12.2. The quantitative estimate of drug-likeness (QED) is 0.638. The Morgan fingerprint density at radius 3 is 2.57 bits per heavy atom. The van der Waals surface area contributed by atoms with E-state index in [0.29, 0.717) is 34.0 Å². The number of aromatic nitrogens is 2. The van der Waals surface area contributed by atoms with Crippen molar-refractivity contribution in [1.29, 1.82) is 5.26 Å². The Morgan fingerprint density at radius 1 is 1.33 bits per heavy atom. The lowest BCUT2D eigenvalue weighted by atomic mass is 10.1. The van der Waals surface area contributed by atoms with Crippen molar-refractivity contribution in [3.8, 4) is 17.7 Å². The molecule has 0 atom stereocenters. The third-order valence-electron chi connectivity index (χ3n) is 3.18. The minimum absolute atomic E-state index is 0.0431. The molecular weight excluding hydrogens is 272 g/mol. The highest BCUT2D eigenvalue weighted by Crippen LogP contribution is 2.32. The molecule has 7 heteroatoms. The standard InChI is InChI=1S/C14H14N4O3/c1-8-6-13(9(2)5-12(8)18(19)20)21-14-11(7-15)10(3)16-17(14)4/h5-6H,1-4H3. The number of nitrogens with zero attached hydrogens (tertiary/aromatic N) is 4. The predicted octanol–water partition coefficient (Wildman–Crippen LogP) is 2.92. The van der Waals surface area contributed by atoms with Crippen molar-refractivity contribution in [2.75, 3.05) is 0 Å². The second-order valence-corrected chi connectivity index (χ2v) is 4.76. The van der Waals surface area contributed by atoms with E-state index in [-0.39, 0.29) is 5.69 Å². The molecule has 0 amide bonds. The number of benzene rings is 1. The summed E-state index contributed by atoms with van der Waals surface area (Å²) in [6, 6.07) is 5.10. The summed E-state index contributed by atoms with van der Waals surface area (Å²) >= 11 is 0. The molecule has 0 fully saturated rings. The molecular formula is C14H14N4O3. The zero-order valence-electron chi connectivity index (χ0n) is 12.2. The Bertz CT molecular complexity index is 772. The van der Waals surface area contributed by atoms with E-state index < -0.39 is 4.92 Å². The normalized spacial score (nSPS) is 10.2. The van der Waals surface area contributed by atoms with Gasteiger partial charge in [0.15, 0.2) is 0 Å². The average molecular weight is 286 g/mol. The number of hydrogen-bond acceptors (Lipinski definition) is 5. The summed E-state index contributed by atoms with van der Waals surface area (Å²) in [5, 5.41) is 24.2. The van der Waals surface area contributed by atoms with Crippen LogP contribution in [0.1, 0.15) is 22.4 Å². The van der Waals surface area contributed by atoms with Gasteiger partial charge in [-0.3, -0.25) is 10.1 Å². The van der Waals surface area contributed by atoms with Gasteiger partial charge in [-0.15, -0.1) is 0 Å². The third kappa shape index (κ3) is 2.56. The molecule has 2 aromatic rings. The zero-order chi connectivity index (χ0) is 15.7. The van der Waals surface area contributed by atoms with Crippen LogP contribution in [0.5, 0.6) is 11.6 Å². The van der Waals surface area contributed by atoms with Crippen molar-refractivity contribution < 1.29 is 9.66 Å². The van der Waals surface area contributed by atoms with Crippen molar-refractivity contribution in [3.63, 3.8) is 0 Å². The molecule has 1 aromatic heterocycles. The monoisotopic (exact) mass is 286 g/mol. The summed E-state index contributed by atoms with van der Waals surface area (Å²) in [6.45, 7) is 5.08. The van der Waals surface area contributed by atoms with Crippen LogP contribution < -0.4 is 4.74 Å². The number of aryl methyl sites for hydroxylation is 4. The third-order valence-corrected chi connectivity index (χ3v) is 3.18. The van der Waals surface area contributed by atoms with Crippen LogP contribution in [0.2, 0.25) is 0 Å². The molecule has 1 aromatic carbocycles. The van der Waals surface area contributed by atoms with E-state index in [0.717, 1.165) is 0 Å². The molecule has 0 aliphatic rings. The summed E-state index contributed by atoms with van der Waals surface area (Å²) in [5.41, 5.74) is 2.09. The number of nitriles is 1. The molecule has 108 valence electrons. The minimum atomic E-state index is -0.430. The second-order valence-electron chi connectivity index (χ2n) is 4.76. The van der Waals surface area contributed by atoms with Gasteiger partial charge in [0.25, 0.3) is 5.69 Å². The van der Waals surface area contributed by atoms with E-state index in [4.69, 9.17) is 10.00 Å². The molecule has 0 spiro atoms. The summed E-state index contributed by atoms with van der Waals surface area (Å²) < 4.78 is 7.23. The van der Waals surface area contributed by atoms with Crippen LogP contribution in [0.15, 0.2) is 12.1 Å². The van der Waals surface area contributed by atoms with Crippen LogP contribution in [0, 0.1) is 42.2 Å². The highest BCUT2D eigenvalue weighted by Gasteiger charge is 2.19. The molecule has 0 saturated carbocycles. The molecule has 0 bridgehead atoms. The van der Waals surface area contributed by atoms with Crippen molar-refractivity contribution in [2.24, 2.45) is 7.05 Å². The first-order valence-corrected chi connectivity index (χ1v) is 6.22. The maximum Gasteiger partial charge on any atom is 0.272 e. The molecule has 0 N–H and O–H groups in total. The topological polar surface area (TPSA) is 94.0 Å². The smallest absolute Gasteiger partial charge is 0.272 e. The molecule has 1 heterocycles. The second kappa shape index (κ2) is 5.25. The summed E-state index contributed by atoms with van der Waals surface area (Å²) in [6.07, 6.45) is 0. The fourth-order valence-corrected chi connectivity index (χ4v) is 2.07. The van der Waals surface area contributed by atoms with Gasteiger partial charge < -0.3 is 4.74 Å². The molecule has 0 aliphatic heterocycles. The van der Waals surface area contributed by atoms with Gasteiger partial charge in [-0.1, -0.05) is 0 Å². The van der Waals surface area contributed by atoms with E-state index >= 15 is 0 Å². The fraction of sp³-hybridized carbons (Fsp3) is 0.286. The molecule has 21 heavy (non-hydrogen) atoms. The lowest BCUT2D eigenvalue weighted by Gasteiger charge is -2.10. The van der Waals surface area contributed by atoms with Gasteiger partial charge in [0, 0.05) is 18.7 Å². The van der Waals surface area contributed by atoms with Crippen LogP contribution in [0.3, 0.4) is 0 Å². The molecule has 0 aliphatic carbocycles. The Labute approximate surface area is 121 Å². The highest BCUT2D eigenvalue weighted by molar-refractivity contribution is 5.52. The Kier molecular flexibility index (Phi) is 3.63. The Morgan fingerprint density at radius 2 is 2.00 bits per heavy atom. The molecule has 2 rings (SSSR count). The van der Waals surface area contributed by atoms with Gasteiger partial charge in [-0.05, 0) is 32.4 Å². The first-order valence-electron chi connectivity index (χ1n) is 6.22. The van der Waals surface area contributed by atoms with Crippen molar-refractivity contribution >= 4 is 5.69 Å². The molecule has 0 saturated heterocycles. The van der Waals surface area contributed by atoms with Crippen LogP contribution in [-0.4, -0.2) is 14.7 Å². The maximum absolute atomic E-state index is 10.9. The van der Waals surface area contributed by atoms with Crippen molar-refractivity contribution in [1.82, 2.24) is 9.78 Å². The Balaban J connectivity index is 2.49. The summed E-state index contributed by atoms with van der Waals surface area (Å²) in [5.74, 6) is 0.795. The average Bonchev–Trinajstić information content (AvgIpc) is 2.67. The van der Waals surface area contributed by atoms with E-state index in [9.17, 15) is 10.1 Å². The lowest BCUT2D eigenvalue weighted by Crippen LogP contribution is -1.99. The lowest BCUT2D eigenvalue weighted by molar-refractivity contribution is -0.385. The van der Waals surface area contributed by atoms with Gasteiger partial charge in [-0.2, -0.15) is 10.4 Å². The van der Waals surface area contributed by atoms with Crippen LogP contribution >= 0.6 is 0 Å². The SMILES string of the molecule is Cc1cc([N+](=O)[O-])c(C)cc1Oc1c(C#N)c(C)nn1C. The van der Waals surface area contributed by atoms with Crippen LogP contribution in [-0.2, 0) is 7.05 Å².